The van der Waals surface area contributed by atoms with Crippen LogP contribution >= 0.6 is 0 Å². The van der Waals surface area contributed by atoms with Gasteiger partial charge in [0.2, 0.25) is 5.91 Å². The molecular weight excluding hydrogens is 305 g/mol. The number of carbonyl (C=O) groups excluding carboxylic acids is 1. The molecule has 1 aliphatic carbocycles. The summed E-state index contributed by atoms with van der Waals surface area (Å²) >= 11 is 0. The van der Waals surface area contributed by atoms with E-state index in [2.05, 4.69) is 9.80 Å². The van der Waals surface area contributed by atoms with Gasteiger partial charge >= 0.3 is 0 Å². The largest absolute Gasteiger partial charge is 0.341 e. The summed E-state index contributed by atoms with van der Waals surface area (Å²) < 4.78 is 13.1. The number of amides is 1. The van der Waals surface area contributed by atoms with Gasteiger partial charge in [0.15, 0.2) is 0 Å². The summed E-state index contributed by atoms with van der Waals surface area (Å²) in [6.45, 7) is 3.38. The third-order valence-corrected chi connectivity index (χ3v) is 6.17. The highest BCUT2D eigenvalue weighted by Gasteiger charge is 2.44. The van der Waals surface area contributed by atoms with Crippen LogP contribution in [0.5, 0.6) is 0 Å². The minimum Gasteiger partial charge on any atom is -0.341 e. The fraction of sp³-hybridized carbons (Fsp3) is 0.632. The molecule has 2 N–H and O–H groups in total. The Bertz CT molecular complexity index is 605. The third kappa shape index (κ3) is 2.95. The molecular formula is C19H26FN3O. The second-order valence-electron chi connectivity index (χ2n) is 7.66. The highest BCUT2D eigenvalue weighted by atomic mass is 19.1. The zero-order chi connectivity index (χ0) is 16.7. The molecule has 0 bridgehead atoms. The smallest absolute Gasteiger partial charge is 0.239 e. The van der Waals surface area contributed by atoms with Crippen molar-refractivity contribution in [3.63, 3.8) is 0 Å². The fourth-order valence-corrected chi connectivity index (χ4v) is 4.82. The Morgan fingerprint density at radius 2 is 1.96 bits per heavy atom. The summed E-state index contributed by atoms with van der Waals surface area (Å²) in [6.07, 6.45) is 4.26. The second kappa shape index (κ2) is 6.45. The van der Waals surface area contributed by atoms with Gasteiger partial charge in [-0.25, -0.2) is 4.39 Å². The molecule has 1 saturated carbocycles. The van der Waals surface area contributed by atoms with Gasteiger partial charge in [-0.3, -0.25) is 9.69 Å². The van der Waals surface area contributed by atoms with Gasteiger partial charge in [0.05, 0.1) is 6.04 Å². The topological polar surface area (TPSA) is 49.6 Å². The summed E-state index contributed by atoms with van der Waals surface area (Å²) in [5.41, 5.74) is 7.26. The number of hydrogen-bond acceptors (Lipinski definition) is 3. The number of carbonyl (C=O) groups is 1. The summed E-state index contributed by atoms with van der Waals surface area (Å²) in [7, 11) is 0. The zero-order valence-electron chi connectivity index (χ0n) is 14.0. The van der Waals surface area contributed by atoms with Crippen molar-refractivity contribution in [1.82, 2.24) is 9.80 Å². The molecule has 5 heteroatoms. The number of rotatable bonds is 3. The molecule has 2 heterocycles. The van der Waals surface area contributed by atoms with E-state index < -0.39 is 0 Å². The number of benzene rings is 1. The first-order chi connectivity index (χ1) is 11.6. The van der Waals surface area contributed by atoms with Gasteiger partial charge in [0.1, 0.15) is 5.82 Å². The maximum atomic E-state index is 13.1. The maximum Gasteiger partial charge on any atom is 0.239 e. The Labute approximate surface area is 142 Å². The van der Waals surface area contributed by atoms with E-state index in [9.17, 15) is 9.18 Å². The first-order valence-electron chi connectivity index (χ1n) is 9.14. The van der Waals surface area contributed by atoms with Crippen LogP contribution < -0.4 is 5.73 Å². The number of hydrogen-bond donors (Lipinski definition) is 1. The molecule has 1 aromatic carbocycles. The maximum absolute atomic E-state index is 13.1. The molecule has 4 rings (SSSR count). The SMILES string of the molecule is NC1CCC2CN(C(=O)C3CCCN3Cc3ccc(F)cc3)CC12. The van der Waals surface area contributed by atoms with Crippen LogP contribution in [0.2, 0.25) is 0 Å². The van der Waals surface area contributed by atoms with Crippen LogP contribution in [0.1, 0.15) is 31.2 Å². The van der Waals surface area contributed by atoms with Gasteiger partial charge in [-0.05, 0) is 61.8 Å². The van der Waals surface area contributed by atoms with Gasteiger partial charge in [0.25, 0.3) is 0 Å². The number of nitrogens with two attached hydrogens (primary N) is 1. The van der Waals surface area contributed by atoms with Gasteiger partial charge in [-0.2, -0.15) is 0 Å². The van der Waals surface area contributed by atoms with Crippen LogP contribution in [0.15, 0.2) is 24.3 Å². The van der Waals surface area contributed by atoms with Crippen molar-refractivity contribution < 1.29 is 9.18 Å². The molecule has 0 radical (unpaired) electrons. The lowest BCUT2D eigenvalue weighted by Crippen LogP contribution is -2.45. The van der Waals surface area contributed by atoms with E-state index in [0.717, 1.165) is 51.0 Å². The summed E-state index contributed by atoms with van der Waals surface area (Å²) in [5.74, 6) is 1.17. The summed E-state index contributed by atoms with van der Waals surface area (Å²) in [5, 5.41) is 0. The van der Waals surface area contributed by atoms with E-state index in [0.29, 0.717) is 11.8 Å². The quantitative estimate of drug-likeness (QED) is 0.921. The van der Waals surface area contributed by atoms with E-state index >= 15 is 0 Å². The third-order valence-electron chi connectivity index (χ3n) is 6.17. The van der Waals surface area contributed by atoms with Gasteiger partial charge < -0.3 is 10.6 Å². The van der Waals surface area contributed by atoms with E-state index in [1.165, 1.54) is 18.6 Å². The molecule has 2 saturated heterocycles. The fourth-order valence-electron chi connectivity index (χ4n) is 4.82. The monoisotopic (exact) mass is 331 g/mol. The molecule has 24 heavy (non-hydrogen) atoms. The van der Waals surface area contributed by atoms with E-state index in [-0.39, 0.29) is 23.8 Å². The van der Waals surface area contributed by atoms with Crippen molar-refractivity contribution in [3.05, 3.63) is 35.6 Å². The molecule has 3 fully saturated rings. The lowest BCUT2D eigenvalue weighted by molar-refractivity contribution is -0.135. The molecule has 0 spiro atoms. The Balaban J connectivity index is 1.41. The Morgan fingerprint density at radius 1 is 1.17 bits per heavy atom. The Hall–Kier alpha value is -1.46. The molecule has 1 aromatic rings. The number of fused-ring (bicyclic) bond motifs is 1. The lowest BCUT2D eigenvalue weighted by atomic mass is 9.98. The van der Waals surface area contributed by atoms with Gasteiger partial charge in [-0.15, -0.1) is 0 Å². The number of nitrogens with zero attached hydrogens (tertiary/aromatic N) is 2. The van der Waals surface area contributed by atoms with E-state index in [1.54, 1.807) is 0 Å². The van der Waals surface area contributed by atoms with Crippen molar-refractivity contribution in [2.24, 2.45) is 17.6 Å². The van der Waals surface area contributed by atoms with Gasteiger partial charge in [-0.1, -0.05) is 12.1 Å². The highest BCUT2D eigenvalue weighted by molar-refractivity contribution is 5.82. The molecule has 3 aliphatic rings. The van der Waals surface area contributed by atoms with Crippen LogP contribution in [0.25, 0.3) is 0 Å². The normalized spacial score (nSPS) is 33.2. The van der Waals surface area contributed by atoms with Crippen molar-refractivity contribution in [3.8, 4) is 0 Å². The molecule has 2 aliphatic heterocycles. The number of likely N-dealkylation sites (tertiary alicyclic amines) is 2. The summed E-state index contributed by atoms with van der Waals surface area (Å²) in [4.78, 5) is 17.3. The van der Waals surface area contributed by atoms with Crippen LogP contribution in [0, 0.1) is 17.7 Å². The molecule has 0 aromatic heterocycles. The van der Waals surface area contributed by atoms with E-state index in [1.807, 2.05) is 12.1 Å². The standard InChI is InChI=1S/C19H26FN3O/c20-15-6-3-13(4-7-15)10-22-9-1-2-18(22)19(24)23-11-14-5-8-17(21)16(14)12-23/h3-4,6-7,14,16-18H,1-2,5,8-12,21H2. The first-order valence-corrected chi connectivity index (χ1v) is 9.14. The molecule has 1 amide bonds. The predicted octanol–water partition coefficient (Wildman–Crippen LogP) is 1.99. The van der Waals surface area contributed by atoms with Crippen LogP contribution in [-0.4, -0.2) is 47.4 Å². The highest BCUT2D eigenvalue weighted by Crippen LogP contribution is 2.38. The lowest BCUT2D eigenvalue weighted by Gasteiger charge is -2.28. The summed E-state index contributed by atoms with van der Waals surface area (Å²) in [6, 6.07) is 6.86. The Kier molecular flexibility index (Phi) is 4.31. The van der Waals surface area contributed by atoms with Crippen LogP contribution in [0.3, 0.4) is 0 Å². The minimum absolute atomic E-state index is 0.0231. The predicted molar refractivity (Wildman–Crippen MR) is 90.6 cm³/mol. The zero-order valence-corrected chi connectivity index (χ0v) is 14.0. The Morgan fingerprint density at radius 3 is 2.71 bits per heavy atom. The van der Waals surface area contributed by atoms with Gasteiger partial charge in [0, 0.05) is 25.7 Å². The average Bonchev–Trinajstić information content (AvgIpc) is 3.27. The van der Waals surface area contributed by atoms with E-state index in [4.69, 9.17) is 5.73 Å². The average molecular weight is 331 g/mol. The van der Waals surface area contributed by atoms with Crippen molar-refractivity contribution in [1.29, 1.82) is 0 Å². The second-order valence-corrected chi connectivity index (χ2v) is 7.66. The molecule has 130 valence electrons. The number of halogens is 1. The first kappa shape index (κ1) is 16.0. The molecule has 4 atom stereocenters. The van der Waals surface area contributed by atoms with Crippen molar-refractivity contribution >= 4 is 5.91 Å². The van der Waals surface area contributed by atoms with Crippen molar-refractivity contribution in [2.75, 3.05) is 19.6 Å². The minimum atomic E-state index is -0.215. The van der Waals surface area contributed by atoms with Crippen molar-refractivity contribution in [2.45, 2.75) is 44.3 Å². The van der Waals surface area contributed by atoms with Crippen LogP contribution in [-0.2, 0) is 11.3 Å². The van der Waals surface area contributed by atoms with Crippen LogP contribution in [0.4, 0.5) is 4.39 Å². The molecule has 4 unspecified atom stereocenters. The molecule has 4 nitrogen and oxygen atoms in total.